The van der Waals surface area contributed by atoms with Gasteiger partial charge in [0, 0.05) is 6.61 Å². The summed E-state index contributed by atoms with van der Waals surface area (Å²) in [6, 6.07) is 6.90. The normalized spacial score (nSPS) is 21.3. The Hall–Kier alpha value is -1.51. The number of nitrogens with zero attached hydrogens (tertiary/aromatic N) is 1. The summed E-state index contributed by atoms with van der Waals surface area (Å²) in [4.78, 5) is 0. The van der Waals surface area contributed by atoms with Crippen LogP contribution in [0.25, 0.3) is 0 Å². The van der Waals surface area contributed by atoms with Gasteiger partial charge < -0.3 is 14.4 Å². The van der Waals surface area contributed by atoms with Crippen molar-refractivity contribution in [3.05, 3.63) is 23.8 Å². The maximum atomic E-state index is 9.66. The van der Waals surface area contributed by atoms with E-state index in [1.807, 2.05) is 6.07 Å². The van der Waals surface area contributed by atoms with E-state index in [-0.39, 0.29) is 22.3 Å². The molecule has 0 radical (unpaired) electrons. The third-order valence-corrected chi connectivity index (χ3v) is 4.91. The maximum absolute atomic E-state index is 9.66. The van der Waals surface area contributed by atoms with Crippen molar-refractivity contribution in [2.75, 3.05) is 6.61 Å². The van der Waals surface area contributed by atoms with Crippen LogP contribution in [-0.4, -0.2) is 24.4 Å². The first-order valence-electron chi connectivity index (χ1n) is 7.79. The summed E-state index contributed by atoms with van der Waals surface area (Å²) in [5.41, 5.74) is 0.655. The summed E-state index contributed by atoms with van der Waals surface area (Å²) in [5, 5.41) is 18.7. The van der Waals surface area contributed by atoms with Gasteiger partial charge >= 0.3 is 7.12 Å². The van der Waals surface area contributed by atoms with Crippen LogP contribution in [0.1, 0.15) is 52.5 Å². The Labute approximate surface area is 133 Å². The monoisotopic (exact) mass is 301 g/mol. The van der Waals surface area contributed by atoms with Gasteiger partial charge in [0.05, 0.1) is 11.2 Å². The highest BCUT2D eigenvalue weighted by Gasteiger charge is 2.42. The zero-order valence-corrected chi connectivity index (χ0v) is 13.8. The van der Waals surface area contributed by atoms with Crippen molar-refractivity contribution in [3.8, 4) is 11.8 Å². The Morgan fingerprint density at radius 2 is 1.95 bits per heavy atom. The number of rotatable bonds is 1. The van der Waals surface area contributed by atoms with Gasteiger partial charge in [-0.1, -0.05) is 26.3 Å². The van der Waals surface area contributed by atoms with Gasteiger partial charge in [-0.15, -0.1) is 0 Å². The third-order valence-electron chi connectivity index (χ3n) is 4.91. The molecule has 4 nitrogen and oxygen atoms in total. The Morgan fingerprint density at radius 1 is 1.23 bits per heavy atom. The second-order valence-corrected chi connectivity index (χ2v) is 7.06. The molecule has 0 bridgehead atoms. The number of nitriles is 1. The summed E-state index contributed by atoms with van der Waals surface area (Å²) >= 11 is 0. The summed E-state index contributed by atoms with van der Waals surface area (Å²) in [7, 11) is -0.528. The predicted octanol–water partition coefficient (Wildman–Crippen LogP) is 2.98. The highest BCUT2D eigenvalue weighted by Crippen LogP contribution is 2.39. The van der Waals surface area contributed by atoms with Gasteiger partial charge in [-0.3, -0.25) is 0 Å². The quantitative estimate of drug-likeness (QED) is 0.810. The van der Waals surface area contributed by atoms with E-state index < -0.39 is 7.12 Å². The minimum absolute atomic E-state index is 0.0195. The third kappa shape index (κ3) is 3.45. The van der Waals surface area contributed by atoms with Gasteiger partial charge in [0.15, 0.2) is 0 Å². The van der Waals surface area contributed by atoms with Crippen LogP contribution in [0.15, 0.2) is 18.2 Å². The fourth-order valence-electron chi connectivity index (χ4n) is 2.58. The lowest BCUT2D eigenvalue weighted by Crippen LogP contribution is -2.50. The zero-order valence-electron chi connectivity index (χ0n) is 13.8. The molecule has 1 aromatic carbocycles. The summed E-state index contributed by atoms with van der Waals surface area (Å²) < 4.78 is 12.2. The fourth-order valence-corrected chi connectivity index (χ4v) is 2.58. The molecule has 1 aromatic rings. The minimum Gasteiger partial charge on any atom is -0.507 e. The molecule has 1 aliphatic rings. The van der Waals surface area contributed by atoms with Crippen LogP contribution in [0.2, 0.25) is 0 Å². The number of aromatic hydroxyl groups is 1. The summed E-state index contributed by atoms with van der Waals surface area (Å²) in [6.07, 6.45) is 3.17. The summed E-state index contributed by atoms with van der Waals surface area (Å²) in [5.74, 6) is -0.0195. The number of hydrogen-bond acceptors (Lipinski definition) is 4. The average Bonchev–Trinajstić information content (AvgIpc) is 2.49. The molecule has 1 heterocycles. The molecular weight excluding hydrogens is 277 g/mol. The molecule has 0 aromatic heterocycles. The number of phenols is 1. The van der Waals surface area contributed by atoms with Crippen LogP contribution in [-0.2, 0) is 9.31 Å². The molecule has 0 aliphatic carbocycles. The second-order valence-electron chi connectivity index (χ2n) is 7.06. The van der Waals surface area contributed by atoms with E-state index in [0.29, 0.717) is 6.61 Å². The first-order chi connectivity index (χ1) is 10.3. The number of hydrogen-bond donors (Lipinski definition) is 1. The van der Waals surface area contributed by atoms with E-state index in [2.05, 4.69) is 27.7 Å². The molecule has 22 heavy (non-hydrogen) atoms. The van der Waals surface area contributed by atoms with Crippen LogP contribution in [0.3, 0.4) is 0 Å². The fraction of sp³-hybridized carbons (Fsp3) is 0.588. The van der Waals surface area contributed by atoms with Crippen molar-refractivity contribution in [2.45, 2.75) is 52.6 Å². The van der Waals surface area contributed by atoms with Crippen LogP contribution < -0.4 is 5.46 Å². The van der Waals surface area contributed by atoms with E-state index >= 15 is 0 Å². The zero-order chi connectivity index (χ0) is 16.4. The van der Waals surface area contributed by atoms with Gasteiger partial charge in [0.1, 0.15) is 11.8 Å². The first-order valence-corrected chi connectivity index (χ1v) is 7.79. The summed E-state index contributed by atoms with van der Waals surface area (Å²) in [6.45, 7) is 9.22. The predicted molar refractivity (Wildman–Crippen MR) is 87.0 cm³/mol. The molecule has 1 N–H and O–H groups in total. The molecule has 2 rings (SSSR count). The van der Waals surface area contributed by atoms with Gasteiger partial charge in [-0.05, 0) is 49.7 Å². The van der Waals surface area contributed by atoms with Crippen LogP contribution in [0.4, 0.5) is 0 Å². The topological polar surface area (TPSA) is 62.5 Å². The van der Waals surface area contributed by atoms with Gasteiger partial charge in [0.2, 0.25) is 0 Å². The van der Waals surface area contributed by atoms with Crippen molar-refractivity contribution in [1.29, 1.82) is 5.26 Å². The molecule has 1 aliphatic heterocycles. The second kappa shape index (κ2) is 6.32. The van der Waals surface area contributed by atoms with Crippen LogP contribution >= 0.6 is 0 Å². The number of benzene rings is 1. The molecule has 0 atom stereocenters. The molecule has 118 valence electrons. The SMILES string of the molecule is CC1(C)CCCCOB(c2ccc(O)c(C#N)c2)OC1(C)C. The molecule has 0 unspecified atom stereocenters. The van der Waals surface area contributed by atoms with Crippen molar-refractivity contribution in [3.63, 3.8) is 0 Å². The van der Waals surface area contributed by atoms with E-state index in [1.165, 1.54) is 6.07 Å². The first kappa shape index (κ1) is 16.9. The largest absolute Gasteiger partial charge is 0.507 e. The smallest absolute Gasteiger partial charge is 0.494 e. The molecule has 1 saturated heterocycles. The molecule has 0 amide bonds. The average molecular weight is 301 g/mol. The van der Waals surface area contributed by atoms with E-state index in [1.54, 1.807) is 12.1 Å². The molecule has 1 fully saturated rings. The van der Waals surface area contributed by atoms with Gasteiger partial charge in [-0.2, -0.15) is 5.26 Å². The highest BCUT2D eigenvalue weighted by atomic mass is 16.6. The molecule has 5 heteroatoms. The van der Waals surface area contributed by atoms with Crippen molar-refractivity contribution in [2.24, 2.45) is 5.41 Å². The van der Waals surface area contributed by atoms with E-state index in [9.17, 15) is 5.11 Å². The molecule has 0 saturated carbocycles. The van der Waals surface area contributed by atoms with E-state index in [4.69, 9.17) is 14.6 Å². The van der Waals surface area contributed by atoms with E-state index in [0.717, 1.165) is 24.7 Å². The Bertz CT molecular complexity index is 578. The van der Waals surface area contributed by atoms with Crippen LogP contribution in [0.5, 0.6) is 5.75 Å². The Morgan fingerprint density at radius 3 is 2.64 bits per heavy atom. The van der Waals surface area contributed by atoms with Gasteiger partial charge in [-0.25, -0.2) is 0 Å². The lowest BCUT2D eigenvalue weighted by Gasteiger charge is -2.42. The van der Waals surface area contributed by atoms with Crippen LogP contribution in [0, 0.1) is 16.7 Å². The van der Waals surface area contributed by atoms with Crippen molar-refractivity contribution < 1.29 is 14.4 Å². The Balaban J connectivity index is 2.34. The standard InChI is InChI=1S/C17H24BNO3/c1-16(2)9-5-6-10-21-18(22-17(16,3)4)14-7-8-15(20)13(11-14)12-19/h7-8,11,20H,5-6,9-10H2,1-4H3. The lowest BCUT2D eigenvalue weighted by molar-refractivity contribution is -0.0286. The van der Waals surface area contributed by atoms with Gasteiger partial charge in [0.25, 0.3) is 0 Å². The molecular formula is C17H24BNO3. The molecule has 0 spiro atoms. The van der Waals surface area contributed by atoms with Crippen molar-refractivity contribution >= 4 is 12.6 Å². The Kier molecular flexibility index (Phi) is 4.84. The maximum Gasteiger partial charge on any atom is 0.494 e. The van der Waals surface area contributed by atoms with Crippen molar-refractivity contribution in [1.82, 2.24) is 0 Å². The lowest BCUT2D eigenvalue weighted by atomic mass is 9.70. The highest BCUT2D eigenvalue weighted by molar-refractivity contribution is 6.61. The number of phenolic OH excluding ortho intramolecular Hbond substituents is 1. The minimum atomic E-state index is -0.528.